The van der Waals surface area contributed by atoms with Crippen molar-refractivity contribution >= 4 is 56.2 Å². The van der Waals surface area contributed by atoms with Crippen LogP contribution in [0.25, 0.3) is 17.4 Å². The van der Waals surface area contributed by atoms with Crippen molar-refractivity contribution in [1.82, 2.24) is 5.32 Å². The molecule has 30 heavy (non-hydrogen) atoms. The standard InChI is InChI=1S/C21H14BrN3O4S/c1-12-10-15(25(27)28)6-8-17(12)18-9-7-16(29-18)11-19-20(26)24-21(30-19)23-14-4-2-13(22)3-5-14/h2-11H,1H3,(H,23,24,26)/b19-11-. The Morgan fingerprint density at radius 2 is 1.93 bits per heavy atom. The van der Waals surface area contributed by atoms with Gasteiger partial charge in [-0.2, -0.15) is 0 Å². The van der Waals surface area contributed by atoms with Gasteiger partial charge in [0.25, 0.3) is 11.6 Å². The van der Waals surface area contributed by atoms with E-state index in [0.29, 0.717) is 21.6 Å². The number of hydrogen-bond acceptors (Lipinski definition) is 6. The molecule has 0 radical (unpaired) electrons. The molecule has 3 aromatic rings. The lowest BCUT2D eigenvalue weighted by atomic mass is 10.1. The van der Waals surface area contributed by atoms with E-state index in [2.05, 4.69) is 26.2 Å². The Balaban J connectivity index is 1.55. The van der Waals surface area contributed by atoms with Crippen molar-refractivity contribution in [2.45, 2.75) is 6.92 Å². The van der Waals surface area contributed by atoms with Crippen LogP contribution in [0.4, 0.5) is 11.4 Å². The van der Waals surface area contributed by atoms with E-state index in [4.69, 9.17) is 4.42 Å². The Morgan fingerprint density at radius 3 is 2.63 bits per heavy atom. The number of carbonyl (C=O) groups excluding carboxylic acids is 1. The van der Waals surface area contributed by atoms with Crippen LogP contribution in [0.5, 0.6) is 0 Å². The SMILES string of the molecule is Cc1cc([N+](=O)[O-])ccc1-c1ccc(/C=C2\SC(=Nc3ccc(Br)cc3)NC2=O)o1. The summed E-state index contributed by atoms with van der Waals surface area (Å²) in [6.07, 6.45) is 1.65. The molecule has 1 aromatic heterocycles. The molecule has 7 nitrogen and oxygen atoms in total. The summed E-state index contributed by atoms with van der Waals surface area (Å²) in [7, 11) is 0. The number of halogens is 1. The van der Waals surface area contributed by atoms with Gasteiger partial charge in [0.15, 0.2) is 5.17 Å². The van der Waals surface area contributed by atoms with Crippen LogP contribution in [0.1, 0.15) is 11.3 Å². The molecule has 150 valence electrons. The minimum atomic E-state index is -0.432. The molecule has 1 amide bonds. The van der Waals surface area contributed by atoms with E-state index in [-0.39, 0.29) is 11.6 Å². The average molecular weight is 484 g/mol. The second-order valence-corrected chi connectivity index (χ2v) is 8.36. The number of benzene rings is 2. The Kier molecular flexibility index (Phi) is 5.56. The van der Waals surface area contributed by atoms with Crippen LogP contribution in [-0.2, 0) is 4.79 Å². The molecule has 1 aliphatic rings. The topological polar surface area (TPSA) is 97.7 Å². The highest BCUT2D eigenvalue weighted by molar-refractivity contribution is 9.10. The summed E-state index contributed by atoms with van der Waals surface area (Å²) in [5.41, 5.74) is 2.25. The Hall–Kier alpha value is -3.17. The summed E-state index contributed by atoms with van der Waals surface area (Å²) in [5.74, 6) is 0.826. The second-order valence-electron chi connectivity index (χ2n) is 6.42. The summed E-state index contributed by atoms with van der Waals surface area (Å²) in [6, 6.07) is 15.6. The number of rotatable bonds is 4. The molecule has 1 fully saturated rings. The lowest BCUT2D eigenvalue weighted by Crippen LogP contribution is -2.19. The van der Waals surface area contributed by atoms with Gasteiger partial charge in [0.1, 0.15) is 11.5 Å². The molecule has 0 unspecified atom stereocenters. The van der Waals surface area contributed by atoms with Gasteiger partial charge in [-0.05, 0) is 66.7 Å². The van der Waals surface area contributed by atoms with Crippen LogP contribution in [0.15, 0.2) is 73.4 Å². The first kappa shape index (κ1) is 20.1. The third-order valence-corrected chi connectivity index (χ3v) is 5.73. The Bertz CT molecular complexity index is 1220. The number of nitro groups is 1. The molecule has 1 aliphatic heterocycles. The number of furan rings is 1. The van der Waals surface area contributed by atoms with E-state index in [1.807, 2.05) is 24.3 Å². The maximum absolute atomic E-state index is 12.3. The van der Waals surface area contributed by atoms with Crippen LogP contribution >= 0.6 is 27.7 Å². The number of hydrogen-bond donors (Lipinski definition) is 1. The number of nitrogens with zero attached hydrogens (tertiary/aromatic N) is 2. The van der Waals surface area contributed by atoms with Crippen molar-refractivity contribution in [3.63, 3.8) is 0 Å². The van der Waals surface area contributed by atoms with Crippen LogP contribution in [0.2, 0.25) is 0 Å². The quantitative estimate of drug-likeness (QED) is 0.286. The van der Waals surface area contributed by atoms with Crippen LogP contribution in [0.3, 0.4) is 0 Å². The average Bonchev–Trinajstić information content (AvgIpc) is 3.30. The number of aliphatic imine (C=N–C) groups is 1. The summed E-state index contributed by atoms with van der Waals surface area (Å²) in [4.78, 5) is 27.6. The van der Waals surface area contributed by atoms with E-state index in [1.54, 1.807) is 31.2 Å². The van der Waals surface area contributed by atoms with Crippen LogP contribution in [0, 0.1) is 17.0 Å². The smallest absolute Gasteiger partial charge is 0.269 e. The number of thioether (sulfide) groups is 1. The van der Waals surface area contributed by atoms with Gasteiger partial charge in [-0.1, -0.05) is 15.9 Å². The first-order chi connectivity index (χ1) is 14.4. The van der Waals surface area contributed by atoms with Crippen LogP contribution in [-0.4, -0.2) is 16.0 Å². The number of non-ortho nitro benzene ring substituents is 1. The Labute approximate surface area is 184 Å². The molecule has 0 spiro atoms. The van der Waals surface area contributed by atoms with Gasteiger partial charge in [0, 0.05) is 28.2 Å². The summed E-state index contributed by atoms with van der Waals surface area (Å²) < 4.78 is 6.79. The van der Waals surface area contributed by atoms with Gasteiger partial charge in [-0.25, -0.2) is 4.99 Å². The molecular formula is C21H14BrN3O4S. The van der Waals surface area contributed by atoms with E-state index in [9.17, 15) is 14.9 Å². The van der Waals surface area contributed by atoms with Gasteiger partial charge in [0.05, 0.1) is 15.5 Å². The molecule has 0 aliphatic carbocycles. The lowest BCUT2D eigenvalue weighted by Gasteiger charge is -2.02. The maximum Gasteiger partial charge on any atom is 0.269 e. The zero-order chi connectivity index (χ0) is 21.3. The molecule has 4 rings (SSSR count). The predicted octanol–water partition coefficient (Wildman–Crippen LogP) is 5.82. The minimum Gasteiger partial charge on any atom is -0.457 e. The third-order valence-electron chi connectivity index (χ3n) is 4.29. The first-order valence-electron chi connectivity index (χ1n) is 8.79. The molecule has 0 bridgehead atoms. The number of carbonyl (C=O) groups is 1. The number of amidine groups is 1. The minimum absolute atomic E-state index is 0.0294. The van der Waals surface area contributed by atoms with E-state index >= 15 is 0 Å². The predicted molar refractivity (Wildman–Crippen MR) is 120 cm³/mol. The van der Waals surface area contributed by atoms with Gasteiger partial charge in [-0.15, -0.1) is 0 Å². The van der Waals surface area contributed by atoms with Crippen molar-refractivity contribution in [2.24, 2.45) is 4.99 Å². The Morgan fingerprint density at radius 1 is 1.17 bits per heavy atom. The van der Waals surface area contributed by atoms with E-state index in [0.717, 1.165) is 21.3 Å². The normalized spacial score (nSPS) is 16.3. The van der Waals surface area contributed by atoms with Crippen molar-refractivity contribution < 1.29 is 14.1 Å². The van der Waals surface area contributed by atoms with Gasteiger partial charge >= 0.3 is 0 Å². The summed E-state index contributed by atoms with van der Waals surface area (Å²) in [5, 5.41) is 14.1. The number of nitrogens with one attached hydrogen (secondary N) is 1. The molecule has 0 atom stereocenters. The van der Waals surface area contributed by atoms with E-state index in [1.165, 1.54) is 23.9 Å². The molecule has 1 saturated heterocycles. The highest BCUT2D eigenvalue weighted by Gasteiger charge is 2.24. The number of aryl methyl sites for hydroxylation is 1. The molecule has 2 aromatic carbocycles. The zero-order valence-electron chi connectivity index (χ0n) is 15.6. The van der Waals surface area contributed by atoms with Crippen molar-refractivity contribution in [1.29, 1.82) is 0 Å². The largest absolute Gasteiger partial charge is 0.457 e. The van der Waals surface area contributed by atoms with Crippen molar-refractivity contribution in [3.8, 4) is 11.3 Å². The van der Waals surface area contributed by atoms with Crippen molar-refractivity contribution in [2.75, 3.05) is 0 Å². The fourth-order valence-electron chi connectivity index (χ4n) is 2.86. The highest BCUT2D eigenvalue weighted by Crippen LogP contribution is 2.32. The maximum atomic E-state index is 12.3. The molecule has 1 N–H and O–H groups in total. The number of nitro benzene ring substituents is 1. The molecular weight excluding hydrogens is 470 g/mol. The van der Waals surface area contributed by atoms with Gasteiger partial charge in [0.2, 0.25) is 0 Å². The number of amides is 1. The van der Waals surface area contributed by atoms with Gasteiger partial charge in [-0.3, -0.25) is 14.9 Å². The lowest BCUT2D eigenvalue weighted by molar-refractivity contribution is -0.384. The molecule has 9 heteroatoms. The summed E-state index contributed by atoms with van der Waals surface area (Å²) in [6.45, 7) is 1.79. The van der Waals surface area contributed by atoms with Crippen molar-refractivity contribution in [3.05, 3.63) is 85.4 Å². The van der Waals surface area contributed by atoms with Gasteiger partial charge < -0.3 is 9.73 Å². The fourth-order valence-corrected chi connectivity index (χ4v) is 3.94. The summed E-state index contributed by atoms with van der Waals surface area (Å²) >= 11 is 4.60. The van der Waals surface area contributed by atoms with Crippen LogP contribution < -0.4 is 5.32 Å². The zero-order valence-corrected chi connectivity index (χ0v) is 18.0. The fraction of sp³-hybridized carbons (Fsp3) is 0.0476. The molecule has 2 heterocycles. The second kappa shape index (κ2) is 8.29. The third kappa shape index (κ3) is 4.37. The monoisotopic (exact) mass is 483 g/mol. The molecule has 0 saturated carbocycles. The first-order valence-corrected chi connectivity index (χ1v) is 10.4. The highest BCUT2D eigenvalue weighted by atomic mass is 79.9. The van der Waals surface area contributed by atoms with E-state index < -0.39 is 4.92 Å².